The summed E-state index contributed by atoms with van der Waals surface area (Å²) in [6, 6.07) is 4.85. The van der Waals surface area contributed by atoms with Gasteiger partial charge in [-0.25, -0.2) is 0 Å². The highest BCUT2D eigenvalue weighted by Crippen LogP contribution is 2.59. The maximum absolute atomic E-state index is 12.6. The van der Waals surface area contributed by atoms with Crippen LogP contribution in [0.1, 0.15) is 38.1 Å². The van der Waals surface area contributed by atoms with Crippen molar-refractivity contribution in [3.8, 4) is 0 Å². The van der Waals surface area contributed by atoms with Crippen LogP contribution in [-0.4, -0.2) is 18.9 Å². The Balaban J connectivity index is 2.23. The van der Waals surface area contributed by atoms with E-state index >= 15 is 0 Å². The van der Waals surface area contributed by atoms with Crippen LogP contribution in [0, 0.1) is 17.3 Å². The van der Waals surface area contributed by atoms with Gasteiger partial charge in [-0.1, -0.05) is 37.1 Å². The predicted molar refractivity (Wildman–Crippen MR) is 93.7 cm³/mol. The van der Waals surface area contributed by atoms with E-state index in [1.807, 2.05) is 13.8 Å². The van der Waals surface area contributed by atoms with E-state index in [1.165, 1.54) is 5.57 Å². The molecule has 2 rings (SSSR count). The fourth-order valence-corrected chi connectivity index (χ4v) is 3.18. The molecule has 1 fully saturated rings. The number of amides is 2. The normalized spacial score (nSPS) is 21.3. The Hall–Kier alpha value is -1.81. The molecule has 0 aromatic heterocycles. The smallest absolute Gasteiger partial charge is 0.253 e. The summed E-state index contributed by atoms with van der Waals surface area (Å²) in [6.07, 6.45) is 2.14. The second-order valence-corrected chi connectivity index (χ2v) is 7.26. The van der Waals surface area contributed by atoms with Crippen molar-refractivity contribution < 1.29 is 9.59 Å². The molecule has 0 saturated heterocycles. The second kappa shape index (κ2) is 6.36. The number of benzene rings is 1. The summed E-state index contributed by atoms with van der Waals surface area (Å²) in [5.41, 5.74) is 1.97. The number of hydrogen-bond acceptors (Lipinski definition) is 2. The summed E-state index contributed by atoms with van der Waals surface area (Å²) in [4.78, 5) is 24.6. The van der Waals surface area contributed by atoms with Crippen molar-refractivity contribution >= 4 is 29.1 Å². The summed E-state index contributed by atoms with van der Waals surface area (Å²) in [5.74, 6) is -0.221. The van der Waals surface area contributed by atoms with Gasteiger partial charge in [-0.15, -0.1) is 0 Å². The van der Waals surface area contributed by atoms with Crippen LogP contribution in [0.25, 0.3) is 0 Å². The fraction of sp³-hybridized carbons (Fsp3) is 0.444. The van der Waals surface area contributed by atoms with Crippen LogP contribution in [0.4, 0.5) is 5.69 Å². The van der Waals surface area contributed by atoms with Crippen molar-refractivity contribution in [2.24, 2.45) is 17.3 Å². The molecule has 1 aliphatic carbocycles. The lowest BCUT2D eigenvalue weighted by atomic mass is 10.1. The van der Waals surface area contributed by atoms with Crippen LogP contribution in [0.15, 0.2) is 29.8 Å². The molecule has 2 N–H and O–H groups in total. The molecule has 1 saturated carbocycles. The van der Waals surface area contributed by atoms with Crippen LogP contribution in [0.2, 0.25) is 5.02 Å². The third-order valence-corrected chi connectivity index (χ3v) is 4.65. The quantitative estimate of drug-likeness (QED) is 0.821. The number of hydrogen-bond donors (Lipinski definition) is 2. The van der Waals surface area contributed by atoms with E-state index < -0.39 is 0 Å². The highest BCUT2D eigenvalue weighted by Gasteiger charge is 2.60. The molecule has 4 nitrogen and oxygen atoms in total. The van der Waals surface area contributed by atoms with E-state index in [2.05, 4.69) is 30.6 Å². The average molecular weight is 335 g/mol. The molecule has 0 aliphatic heterocycles. The predicted octanol–water partition coefficient (Wildman–Crippen LogP) is 3.88. The number of rotatable bonds is 4. The maximum Gasteiger partial charge on any atom is 0.253 e. The monoisotopic (exact) mass is 334 g/mol. The number of halogens is 1. The molecule has 23 heavy (non-hydrogen) atoms. The van der Waals surface area contributed by atoms with Gasteiger partial charge in [0.05, 0.1) is 17.2 Å². The highest BCUT2D eigenvalue weighted by molar-refractivity contribution is 6.31. The van der Waals surface area contributed by atoms with E-state index in [9.17, 15) is 9.59 Å². The Kier molecular flexibility index (Phi) is 4.85. The summed E-state index contributed by atoms with van der Waals surface area (Å²) in [5, 5.41) is 5.92. The summed E-state index contributed by atoms with van der Waals surface area (Å²) < 4.78 is 0. The third kappa shape index (κ3) is 3.58. The topological polar surface area (TPSA) is 58.2 Å². The highest BCUT2D eigenvalue weighted by atomic mass is 35.5. The Morgan fingerprint density at radius 1 is 1.26 bits per heavy atom. The van der Waals surface area contributed by atoms with Crippen molar-refractivity contribution in [3.63, 3.8) is 0 Å². The van der Waals surface area contributed by atoms with Crippen LogP contribution < -0.4 is 10.6 Å². The number of carbonyl (C=O) groups excluding carboxylic acids is 2. The molecule has 5 heteroatoms. The Morgan fingerprint density at radius 3 is 2.48 bits per heavy atom. The van der Waals surface area contributed by atoms with E-state index in [-0.39, 0.29) is 29.1 Å². The first-order valence-corrected chi connectivity index (χ1v) is 8.03. The zero-order valence-electron chi connectivity index (χ0n) is 14.2. The lowest BCUT2D eigenvalue weighted by molar-refractivity contribution is -0.118. The first-order chi connectivity index (χ1) is 10.7. The number of allylic oxidation sites excluding steroid dienone is 2. The molecule has 0 spiro atoms. The van der Waals surface area contributed by atoms with Gasteiger partial charge >= 0.3 is 0 Å². The van der Waals surface area contributed by atoms with Crippen molar-refractivity contribution in [2.45, 2.75) is 27.7 Å². The minimum atomic E-state index is -0.257. The van der Waals surface area contributed by atoms with Gasteiger partial charge in [0.15, 0.2) is 0 Å². The molecule has 1 aromatic rings. The van der Waals surface area contributed by atoms with Gasteiger partial charge in [0.25, 0.3) is 5.91 Å². The lowest BCUT2D eigenvalue weighted by Crippen LogP contribution is -2.23. The molecule has 2 amide bonds. The van der Waals surface area contributed by atoms with Crippen molar-refractivity contribution in [2.75, 3.05) is 12.4 Å². The second-order valence-electron chi connectivity index (χ2n) is 6.83. The van der Waals surface area contributed by atoms with Crippen molar-refractivity contribution in [3.05, 3.63) is 40.4 Å². The van der Waals surface area contributed by atoms with Gasteiger partial charge in [-0.05, 0) is 43.4 Å². The summed E-state index contributed by atoms with van der Waals surface area (Å²) >= 11 is 6.00. The first kappa shape index (κ1) is 17.5. The summed E-state index contributed by atoms with van der Waals surface area (Å²) in [6.45, 7) is 8.23. The van der Waals surface area contributed by atoms with Gasteiger partial charge in [-0.3, -0.25) is 9.59 Å². The zero-order valence-corrected chi connectivity index (χ0v) is 14.9. The Bertz CT molecular complexity index is 676. The minimum Gasteiger partial charge on any atom is -0.355 e. The van der Waals surface area contributed by atoms with Gasteiger partial charge in [-0.2, -0.15) is 0 Å². The number of carbonyl (C=O) groups is 2. The average Bonchev–Trinajstić information content (AvgIpc) is 2.98. The Labute approximate surface area is 142 Å². The van der Waals surface area contributed by atoms with E-state index in [4.69, 9.17) is 11.6 Å². The minimum absolute atomic E-state index is 0.0763. The molecule has 1 aromatic carbocycles. The zero-order chi connectivity index (χ0) is 17.4. The van der Waals surface area contributed by atoms with Gasteiger partial charge < -0.3 is 10.6 Å². The SMILES string of the molecule is CNC(=O)c1ccc(Cl)cc1NC(=O)[C@H]1[C@@H](C=C(C)C)C1(C)C. The van der Waals surface area contributed by atoms with Crippen LogP contribution in [-0.2, 0) is 4.79 Å². The Morgan fingerprint density at radius 2 is 1.91 bits per heavy atom. The van der Waals surface area contributed by atoms with E-state index in [0.717, 1.165) is 0 Å². The molecular weight excluding hydrogens is 312 g/mol. The molecular formula is C18H23ClN2O2. The van der Waals surface area contributed by atoms with Gasteiger partial charge in [0.1, 0.15) is 0 Å². The maximum atomic E-state index is 12.6. The van der Waals surface area contributed by atoms with Crippen LogP contribution in [0.5, 0.6) is 0 Å². The fourth-order valence-electron chi connectivity index (χ4n) is 3.01. The van der Waals surface area contributed by atoms with Gasteiger partial charge in [0, 0.05) is 12.1 Å². The van der Waals surface area contributed by atoms with Crippen LogP contribution >= 0.6 is 11.6 Å². The van der Waals surface area contributed by atoms with Crippen molar-refractivity contribution in [1.82, 2.24) is 5.32 Å². The lowest BCUT2D eigenvalue weighted by Gasteiger charge is -2.11. The summed E-state index contributed by atoms with van der Waals surface area (Å²) in [7, 11) is 1.55. The molecule has 0 radical (unpaired) electrons. The number of anilines is 1. The van der Waals surface area contributed by atoms with Crippen molar-refractivity contribution in [1.29, 1.82) is 0 Å². The van der Waals surface area contributed by atoms with E-state index in [0.29, 0.717) is 16.3 Å². The first-order valence-electron chi connectivity index (χ1n) is 7.66. The molecule has 1 aliphatic rings. The largest absolute Gasteiger partial charge is 0.355 e. The molecule has 0 unspecified atom stereocenters. The van der Waals surface area contributed by atoms with Gasteiger partial charge in [0.2, 0.25) is 5.91 Å². The van der Waals surface area contributed by atoms with E-state index in [1.54, 1.807) is 25.2 Å². The van der Waals surface area contributed by atoms with Crippen LogP contribution in [0.3, 0.4) is 0 Å². The number of nitrogens with one attached hydrogen (secondary N) is 2. The molecule has 124 valence electrons. The molecule has 2 atom stereocenters. The molecule has 0 bridgehead atoms. The standard InChI is InChI=1S/C18H23ClN2O2/c1-10(2)8-13-15(18(13,3)4)17(23)21-14-9-11(19)6-7-12(14)16(22)20-5/h6-9,13,15H,1-5H3,(H,20,22)(H,21,23)/t13-,15-/m1/s1. The molecule has 0 heterocycles. The third-order valence-electron chi connectivity index (χ3n) is 4.42.